The lowest BCUT2D eigenvalue weighted by molar-refractivity contribution is 0.387. The Labute approximate surface area is 135 Å². The molecular formula is C18H19N3S. The Hall–Kier alpha value is -1.83. The molecule has 1 aromatic carbocycles. The van der Waals surface area contributed by atoms with E-state index in [9.17, 15) is 0 Å². The van der Waals surface area contributed by atoms with E-state index in [-0.39, 0.29) is 0 Å². The van der Waals surface area contributed by atoms with E-state index in [4.69, 9.17) is 4.98 Å². The number of thiazole rings is 1. The van der Waals surface area contributed by atoms with Crippen LogP contribution in [-0.2, 0) is 0 Å². The van der Waals surface area contributed by atoms with E-state index in [2.05, 4.69) is 34.1 Å². The van der Waals surface area contributed by atoms with Gasteiger partial charge < -0.3 is 9.80 Å². The van der Waals surface area contributed by atoms with Gasteiger partial charge in [0.15, 0.2) is 5.01 Å². The van der Waals surface area contributed by atoms with Gasteiger partial charge in [-0.25, -0.2) is 4.98 Å². The first-order valence-corrected chi connectivity index (χ1v) is 8.62. The van der Waals surface area contributed by atoms with Gasteiger partial charge >= 0.3 is 0 Å². The second-order valence-electron chi connectivity index (χ2n) is 6.27. The average molecular weight is 309 g/mol. The first kappa shape index (κ1) is 13.8. The number of fused-ring (bicyclic) bond motifs is 1. The van der Waals surface area contributed by atoms with E-state index in [0.29, 0.717) is 0 Å². The molecule has 0 radical (unpaired) electrons. The van der Waals surface area contributed by atoms with Gasteiger partial charge in [-0.05, 0) is 36.9 Å². The van der Waals surface area contributed by atoms with E-state index in [1.165, 1.54) is 13.1 Å². The highest BCUT2D eigenvalue weighted by molar-refractivity contribution is 7.10. The summed E-state index contributed by atoms with van der Waals surface area (Å²) < 4.78 is 0. The van der Waals surface area contributed by atoms with Crippen molar-refractivity contribution in [2.45, 2.75) is 0 Å². The van der Waals surface area contributed by atoms with Gasteiger partial charge in [0.1, 0.15) is 5.82 Å². The lowest BCUT2D eigenvalue weighted by atomic mass is 10.0. The number of hydrogen-bond donors (Lipinski definition) is 0. The SMILES string of the molecule is CN1CC2CN(c3csc(C#Cc4ccccc4)n3)CC2C1. The van der Waals surface area contributed by atoms with Crippen molar-refractivity contribution in [3.8, 4) is 11.8 Å². The molecule has 0 amide bonds. The summed E-state index contributed by atoms with van der Waals surface area (Å²) in [6, 6.07) is 10.1. The third-order valence-corrected chi connectivity index (χ3v) is 5.32. The Bertz CT molecular complexity index is 699. The van der Waals surface area contributed by atoms with E-state index >= 15 is 0 Å². The summed E-state index contributed by atoms with van der Waals surface area (Å²) >= 11 is 1.65. The van der Waals surface area contributed by atoms with E-state index in [1.807, 2.05) is 30.3 Å². The van der Waals surface area contributed by atoms with Gasteiger partial charge in [-0.2, -0.15) is 0 Å². The molecule has 2 aromatic rings. The second-order valence-corrected chi connectivity index (χ2v) is 7.13. The summed E-state index contributed by atoms with van der Waals surface area (Å²) in [6.45, 7) is 4.74. The average Bonchev–Trinajstić information content (AvgIpc) is 3.20. The molecule has 22 heavy (non-hydrogen) atoms. The molecule has 3 nitrogen and oxygen atoms in total. The largest absolute Gasteiger partial charge is 0.355 e. The lowest BCUT2D eigenvalue weighted by Gasteiger charge is -2.18. The van der Waals surface area contributed by atoms with Crippen LogP contribution in [0.4, 0.5) is 5.82 Å². The van der Waals surface area contributed by atoms with Crippen molar-refractivity contribution < 1.29 is 0 Å². The standard InChI is InChI=1S/C18H19N3S/c1-20-9-15-11-21(12-16(15)10-20)17-13-22-18(19-17)8-7-14-5-3-2-4-6-14/h2-6,13,15-16H,9-12H2,1H3. The number of benzene rings is 1. The third kappa shape index (κ3) is 2.75. The van der Waals surface area contributed by atoms with Crippen LogP contribution in [0.2, 0.25) is 0 Å². The van der Waals surface area contributed by atoms with Crippen molar-refractivity contribution in [3.63, 3.8) is 0 Å². The van der Waals surface area contributed by atoms with Crippen LogP contribution in [0.15, 0.2) is 35.7 Å². The van der Waals surface area contributed by atoms with Crippen LogP contribution in [-0.4, -0.2) is 43.1 Å². The minimum Gasteiger partial charge on any atom is -0.355 e. The summed E-state index contributed by atoms with van der Waals surface area (Å²) in [4.78, 5) is 9.60. The number of aromatic nitrogens is 1. The molecule has 1 aromatic heterocycles. The molecule has 2 unspecified atom stereocenters. The molecule has 2 saturated heterocycles. The molecule has 2 aliphatic rings. The first-order valence-electron chi connectivity index (χ1n) is 7.74. The zero-order valence-electron chi connectivity index (χ0n) is 12.7. The molecule has 2 atom stereocenters. The van der Waals surface area contributed by atoms with Crippen molar-refractivity contribution in [1.29, 1.82) is 0 Å². The summed E-state index contributed by atoms with van der Waals surface area (Å²) in [5.74, 6) is 9.10. The minimum absolute atomic E-state index is 0.811. The van der Waals surface area contributed by atoms with Crippen molar-refractivity contribution >= 4 is 17.2 Å². The van der Waals surface area contributed by atoms with Gasteiger partial charge in [-0.1, -0.05) is 24.1 Å². The van der Waals surface area contributed by atoms with Gasteiger partial charge in [0.25, 0.3) is 0 Å². The highest BCUT2D eigenvalue weighted by atomic mass is 32.1. The monoisotopic (exact) mass is 309 g/mol. The summed E-state index contributed by atoms with van der Waals surface area (Å²) in [5, 5.41) is 3.06. The Morgan fingerprint density at radius 3 is 2.50 bits per heavy atom. The fraction of sp³-hybridized carbons (Fsp3) is 0.389. The summed E-state index contributed by atoms with van der Waals surface area (Å²) in [5.41, 5.74) is 1.04. The molecule has 3 heterocycles. The fourth-order valence-electron chi connectivity index (χ4n) is 3.53. The number of likely N-dealkylation sites (tertiary alicyclic amines) is 1. The van der Waals surface area contributed by atoms with Gasteiger partial charge in [0.05, 0.1) is 0 Å². The predicted octanol–water partition coefficient (Wildman–Crippen LogP) is 2.54. The van der Waals surface area contributed by atoms with Gasteiger partial charge in [0, 0.05) is 37.1 Å². The van der Waals surface area contributed by atoms with Crippen LogP contribution in [0, 0.1) is 23.7 Å². The quantitative estimate of drug-likeness (QED) is 0.755. The van der Waals surface area contributed by atoms with Crippen molar-refractivity contribution in [1.82, 2.24) is 9.88 Å². The number of rotatable bonds is 1. The molecule has 0 aliphatic carbocycles. The Morgan fingerprint density at radius 1 is 1.05 bits per heavy atom. The van der Waals surface area contributed by atoms with Crippen LogP contribution < -0.4 is 4.90 Å². The zero-order chi connectivity index (χ0) is 14.9. The minimum atomic E-state index is 0.811. The highest BCUT2D eigenvalue weighted by Crippen LogP contribution is 2.33. The maximum atomic E-state index is 4.71. The maximum absolute atomic E-state index is 4.71. The summed E-state index contributed by atoms with van der Waals surface area (Å²) in [7, 11) is 2.22. The van der Waals surface area contributed by atoms with Crippen molar-refractivity contribution in [3.05, 3.63) is 46.3 Å². The number of hydrogen-bond acceptors (Lipinski definition) is 4. The second kappa shape index (κ2) is 5.75. The molecule has 4 rings (SSSR count). The number of nitrogens with zero attached hydrogens (tertiary/aromatic N) is 3. The van der Waals surface area contributed by atoms with Crippen LogP contribution in [0.3, 0.4) is 0 Å². The molecule has 0 spiro atoms. The van der Waals surface area contributed by atoms with Crippen molar-refractivity contribution in [2.24, 2.45) is 11.8 Å². The molecule has 0 bridgehead atoms. The van der Waals surface area contributed by atoms with Crippen LogP contribution >= 0.6 is 11.3 Å². The van der Waals surface area contributed by atoms with Gasteiger partial charge in [0.2, 0.25) is 0 Å². The van der Waals surface area contributed by atoms with Crippen LogP contribution in [0.1, 0.15) is 10.6 Å². The van der Waals surface area contributed by atoms with E-state index in [0.717, 1.165) is 41.3 Å². The Kier molecular flexibility index (Phi) is 3.61. The summed E-state index contributed by atoms with van der Waals surface area (Å²) in [6.07, 6.45) is 0. The Morgan fingerprint density at radius 2 is 1.77 bits per heavy atom. The molecule has 2 fully saturated rings. The van der Waals surface area contributed by atoms with E-state index in [1.54, 1.807) is 11.3 Å². The molecule has 112 valence electrons. The predicted molar refractivity (Wildman–Crippen MR) is 91.2 cm³/mol. The van der Waals surface area contributed by atoms with Crippen LogP contribution in [0.5, 0.6) is 0 Å². The molecule has 0 saturated carbocycles. The zero-order valence-corrected chi connectivity index (χ0v) is 13.5. The normalized spacial score (nSPS) is 24.1. The topological polar surface area (TPSA) is 19.4 Å². The third-order valence-electron chi connectivity index (χ3n) is 4.57. The van der Waals surface area contributed by atoms with Gasteiger partial charge in [-0.3, -0.25) is 0 Å². The fourth-order valence-corrected chi connectivity index (χ4v) is 4.20. The van der Waals surface area contributed by atoms with Crippen molar-refractivity contribution in [2.75, 3.05) is 38.1 Å². The molecule has 0 N–H and O–H groups in total. The highest BCUT2D eigenvalue weighted by Gasteiger charge is 2.39. The Balaban J connectivity index is 1.46. The molecule has 2 aliphatic heterocycles. The molecular weight excluding hydrogens is 290 g/mol. The lowest BCUT2D eigenvalue weighted by Crippen LogP contribution is -2.26. The number of anilines is 1. The van der Waals surface area contributed by atoms with Gasteiger partial charge in [-0.15, -0.1) is 11.3 Å². The van der Waals surface area contributed by atoms with E-state index < -0.39 is 0 Å². The smallest absolute Gasteiger partial charge is 0.169 e. The van der Waals surface area contributed by atoms with Crippen LogP contribution in [0.25, 0.3) is 0 Å². The first-order chi connectivity index (χ1) is 10.8. The maximum Gasteiger partial charge on any atom is 0.169 e. The molecule has 4 heteroatoms.